The van der Waals surface area contributed by atoms with E-state index in [9.17, 15) is 4.79 Å². The van der Waals surface area contributed by atoms with E-state index in [0.717, 1.165) is 38.8 Å². The van der Waals surface area contributed by atoms with E-state index in [-0.39, 0.29) is 17.9 Å². The van der Waals surface area contributed by atoms with Gasteiger partial charge in [-0.3, -0.25) is 9.69 Å². The molecular formula is C23H29NO2. The number of esters is 1. The quantitative estimate of drug-likeness (QED) is 0.690. The van der Waals surface area contributed by atoms with Crippen LogP contribution in [0.5, 0.6) is 0 Å². The van der Waals surface area contributed by atoms with Gasteiger partial charge in [0.05, 0.1) is 13.0 Å². The molecule has 1 aliphatic carbocycles. The normalized spacial score (nSPS) is 20.1. The molecule has 0 radical (unpaired) electrons. The number of benzene rings is 2. The van der Waals surface area contributed by atoms with Crippen LogP contribution in [-0.2, 0) is 22.5 Å². The molecule has 3 heteroatoms. The molecule has 0 bridgehead atoms. The van der Waals surface area contributed by atoms with Crippen LogP contribution < -0.4 is 0 Å². The van der Waals surface area contributed by atoms with E-state index in [4.69, 9.17) is 4.74 Å². The topological polar surface area (TPSA) is 29.5 Å². The molecule has 0 aliphatic heterocycles. The van der Waals surface area contributed by atoms with E-state index < -0.39 is 0 Å². The summed E-state index contributed by atoms with van der Waals surface area (Å²) in [6.07, 6.45) is 5.32. The molecule has 1 aliphatic rings. The van der Waals surface area contributed by atoms with Crippen molar-refractivity contribution >= 4 is 5.97 Å². The Balaban J connectivity index is 1.77. The standard InChI is InChI=1S/C23H29NO2/c1-26-23(25)21-14-8-9-15-22(21)24(18-20-12-6-3-7-13-20)17-16-19-10-4-2-5-11-19/h2-7,10-13,21-22H,8-9,14-18H2,1H3/t21-,22+/m0/s1. The maximum atomic E-state index is 12.4. The van der Waals surface area contributed by atoms with Gasteiger partial charge in [0.15, 0.2) is 0 Å². The predicted molar refractivity (Wildman–Crippen MR) is 105 cm³/mol. The highest BCUT2D eigenvalue weighted by Gasteiger charge is 2.35. The van der Waals surface area contributed by atoms with Crippen molar-refractivity contribution in [1.82, 2.24) is 4.90 Å². The molecule has 1 fully saturated rings. The van der Waals surface area contributed by atoms with Crippen LogP contribution in [0.25, 0.3) is 0 Å². The lowest BCUT2D eigenvalue weighted by Gasteiger charge is -2.39. The lowest BCUT2D eigenvalue weighted by Crippen LogP contribution is -2.46. The van der Waals surface area contributed by atoms with E-state index in [1.54, 1.807) is 0 Å². The Bertz CT molecular complexity index is 671. The van der Waals surface area contributed by atoms with Gasteiger partial charge in [-0.05, 0) is 30.4 Å². The highest BCUT2D eigenvalue weighted by atomic mass is 16.5. The average molecular weight is 351 g/mol. The van der Waals surface area contributed by atoms with Gasteiger partial charge in [-0.2, -0.15) is 0 Å². The number of carbonyl (C=O) groups excluding carboxylic acids is 1. The first-order valence-corrected chi connectivity index (χ1v) is 9.67. The van der Waals surface area contributed by atoms with Crippen molar-refractivity contribution in [3.63, 3.8) is 0 Å². The van der Waals surface area contributed by atoms with Crippen molar-refractivity contribution in [3.8, 4) is 0 Å². The Hall–Kier alpha value is -2.13. The molecule has 1 saturated carbocycles. The van der Waals surface area contributed by atoms with Crippen molar-refractivity contribution in [3.05, 3.63) is 71.8 Å². The van der Waals surface area contributed by atoms with Crippen LogP contribution in [0.3, 0.4) is 0 Å². The molecule has 0 amide bonds. The molecule has 0 aromatic heterocycles. The number of methoxy groups -OCH3 is 1. The second-order valence-electron chi connectivity index (χ2n) is 7.17. The van der Waals surface area contributed by atoms with E-state index in [0.29, 0.717) is 0 Å². The first kappa shape index (κ1) is 18.7. The minimum atomic E-state index is -0.0486. The maximum Gasteiger partial charge on any atom is 0.310 e. The number of nitrogens with zero attached hydrogens (tertiary/aromatic N) is 1. The smallest absolute Gasteiger partial charge is 0.310 e. The zero-order valence-corrected chi connectivity index (χ0v) is 15.6. The lowest BCUT2D eigenvalue weighted by atomic mass is 9.83. The molecule has 3 nitrogen and oxygen atoms in total. The number of hydrogen-bond donors (Lipinski definition) is 0. The average Bonchev–Trinajstić information content (AvgIpc) is 2.72. The fraction of sp³-hybridized carbons (Fsp3) is 0.435. The van der Waals surface area contributed by atoms with Crippen LogP contribution in [0, 0.1) is 5.92 Å². The Morgan fingerprint density at radius 3 is 2.23 bits per heavy atom. The molecule has 138 valence electrons. The molecule has 2 aromatic carbocycles. The summed E-state index contributed by atoms with van der Waals surface area (Å²) in [5, 5.41) is 0. The number of rotatable bonds is 7. The molecule has 0 heterocycles. The van der Waals surface area contributed by atoms with Crippen LogP contribution in [-0.4, -0.2) is 30.6 Å². The number of hydrogen-bond acceptors (Lipinski definition) is 3. The SMILES string of the molecule is COC(=O)[C@H]1CCCC[C@H]1N(CCc1ccccc1)Cc1ccccc1. The van der Waals surface area contributed by atoms with E-state index in [1.807, 2.05) is 0 Å². The Morgan fingerprint density at radius 1 is 0.962 bits per heavy atom. The van der Waals surface area contributed by atoms with Crippen LogP contribution in [0.4, 0.5) is 0 Å². The van der Waals surface area contributed by atoms with Crippen molar-refractivity contribution in [1.29, 1.82) is 0 Å². The summed E-state index contributed by atoms with van der Waals surface area (Å²) in [6.45, 7) is 1.84. The highest BCUT2D eigenvalue weighted by molar-refractivity contribution is 5.73. The minimum Gasteiger partial charge on any atom is -0.469 e. The van der Waals surface area contributed by atoms with Crippen LogP contribution in [0.1, 0.15) is 36.8 Å². The molecule has 0 spiro atoms. The van der Waals surface area contributed by atoms with Gasteiger partial charge in [0.1, 0.15) is 0 Å². The minimum absolute atomic E-state index is 0.00626. The van der Waals surface area contributed by atoms with Crippen LogP contribution >= 0.6 is 0 Å². The van der Waals surface area contributed by atoms with Gasteiger partial charge < -0.3 is 4.74 Å². The monoisotopic (exact) mass is 351 g/mol. The summed E-state index contributed by atoms with van der Waals surface area (Å²) in [5.74, 6) is -0.0549. The zero-order valence-electron chi connectivity index (χ0n) is 15.6. The second kappa shape index (κ2) is 9.54. The fourth-order valence-corrected chi connectivity index (χ4v) is 4.07. The van der Waals surface area contributed by atoms with Gasteiger partial charge in [-0.25, -0.2) is 0 Å². The predicted octanol–water partition coefficient (Wildman–Crippen LogP) is 4.46. The third-order valence-corrected chi connectivity index (χ3v) is 5.46. The first-order chi connectivity index (χ1) is 12.8. The van der Waals surface area contributed by atoms with Crippen molar-refractivity contribution in [2.45, 2.75) is 44.7 Å². The van der Waals surface area contributed by atoms with E-state index >= 15 is 0 Å². The Morgan fingerprint density at radius 2 is 1.58 bits per heavy atom. The fourth-order valence-electron chi connectivity index (χ4n) is 4.07. The van der Waals surface area contributed by atoms with Gasteiger partial charge in [0.25, 0.3) is 0 Å². The third kappa shape index (κ3) is 4.95. The van der Waals surface area contributed by atoms with Gasteiger partial charge in [0.2, 0.25) is 0 Å². The third-order valence-electron chi connectivity index (χ3n) is 5.46. The molecule has 26 heavy (non-hydrogen) atoms. The van der Waals surface area contributed by atoms with Crippen molar-refractivity contribution < 1.29 is 9.53 Å². The summed E-state index contributed by atoms with van der Waals surface area (Å²) in [7, 11) is 1.51. The lowest BCUT2D eigenvalue weighted by molar-refractivity contribution is -0.149. The van der Waals surface area contributed by atoms with Crippen LogP contribution in [0.2, 0.25) is 0 Å². The highest BCUT2D eigenvalue weighted by Crippen LogP contribution is 2.30. The summed E-state index contributed by atoms with van der Waals surface area (Å²) in [5.41, 5.74) is 2.64. The molecule has 0 N–H and O–H groups in total. The number of carbonyl (C=O) groups is 1. The summed E-state index contributed by atoms with van der Waals surface area (Å²) in [6, 6.07) is 21.4. The van der Waals surface area contributed by atoms with Gasteiger partial charge in [0, 0.05) is 19.1 Å². The summed E-state index contributed by atoms with van der Waals surface area (Å²) in [4.78, 5) is 14.9. The maximum absolute atomic E-state index is 12.4. The number of ether oxygens (including phenoxy) is 1. The van der Waals surface area contributed by atoms with Crippen molar-refractivity contribution in [2.24, 2.45) is 5.92 Å². The van der Waals surface area contributed by atoms with Crippen LogP contribution in [0.15, 0.2) is 60.7 Å². The molecule has 3 rings (SSSR count). The summed E-state index contributed by atoms with van der Waals surface area (Å²) < 4.78 is 5.12. The molecular weight excluding hydrogens is 322 g/mol. The van der Waals surface area contributed by atoms with Gasteiger partial charge in [-0.1, -0.05) is 73.5 Å². The molecule has 0 unspecified atom stereocenters. The van der Waals surface area contributed by atoms with Gasteiger partial charge >= 0.3 is 5.97 Å². The van der Waals surface area contributed by atoms with Crippen molar-refractivity contribution in [2.75, 3.05) is 13.7 Å². The second-order valence-corrected chi connectivity index (χ2v) is 7.17. The molecule has 0 saturated heterocycles. The summed E-state index contributed by atoms with van der Waals surface area (Å²) >= 11 is 0. The Labute approximate surface area is 157 Å². The zero-order chi connectivity index (χ0) is 18.2. The molecule has 2 atom stereocenters. The Kier molecular flexibility index (Phi) is 6.84. The van der Waals surface area contributed by atoms with E-state index in [2.05, 4.69) is 65.6 Å². The first-order valence-electron chi connectivity index (χ1n) is 9.67. The largest absolute Gasteiger partial charge is 0.469 e. The van der Waals surface area contributed by atoms with Gasteiger partial charge in [-0.15, -0.1) is 0 Å². The van der Waals surface area contributed by atoms with E-state index in [1.165, 1.54) is 24.7 Å². The molecule has 2 aromatic rings.